The van der Waals surface area contributed by atoms with Gasteiger partial charge in [-0.2, -0.15) is 0 Å². The zero-order valence-corrected chi connectivity index (χ0v) is 12.1. The van der Waals surface area contributed by atoms with Gasteiger partial charge in [0.1, 0.15) is 17.6 Å². The van der Waals surface area contributed by atoms with Crippen molar-refractivity contribution in [3.05, 3.63) is 41.2 Å². The van der Waals surface area contributed by atoms with E-state index in [-0.39, 0.29) is 12.1 Å². The fourth-order valence-electron chi connectivity index (χ4n) is 2.32. The number of hydrogen-bond acceptors (Lipinski definition) is 4. The van der Waals surface area contributed by atoms with Gasteiger partial charge in [0.2, 0.25) is 0 Å². The summed E-state index contributed by atoms with van der Waals surface area (Å²) >= 11 is 0. The summed E-state index contributed by atoms with van der Waals surface area (Å²) in [5.74, 6) is 1.26. The van der Waals surface area contributed by atoms with E-state index in [1.54, 1.807) is 14.0 Å². The highest BCUT2D eigenvalue weighted by molar-refractivity contribution is 5.89. The minimum Gasteiger partial charge on any atom is -0.497 e. The molecule has 0 aromatic heterocycles. The molecule has 0 bridgehead atoms. The molecule has 2 rings (SSSR count). The van der Waals surface area contributed by atoms with Gasteiger partial charge in [0.15, 0.2) is 0 Å². The molecule has 20 heavy (non-hydrogen) atoms. The van der Waals surface area contributed by atoms with Gasteiger partial charge in [-0.3, -0.25) is 0 Å². The van der Waals surface area contributed by atoms with E-state index in [1.165, 1.54) is 0 Å². The van der Waals surface area contributed by atoms with Crippen LogP contribution in [0.15, 0.2) is 35.6 Å². The van der Waals surface area contributed by atoms with Crippen molar-refractivity contribution in [2.45, 2.75) is 32.8 Å². The molecule has 0 fully saturated rings. The average Bonchev–Trinajstić information content (AvgIpc) is 2.81. The molecule has 1 aromatic rings. The normalized spacial score (nSPS) is 17.9. The van der Waals surface area contributed by atoms with Gasteiger partial charge >= 0.3 is 5.97 Å². The van der Waals surface area contributed by atoms with Gasteiger partial charge < -0.3 is 14.2 Å². The van der Waals surface area contributed by atoms with Crippen LogP contribution in [0.1, 0.15) is 25.8 Å². The van der Waals surface area contributed by atoms with Crippen molar-refractivity contribution in [1.82, 2.24) is 0 Å². The molecule has 1 aromatic carbocycles. The van der Waals surface area contributed by atoms with Crippen LogP contribution >= 0.6 is 0 Å². The number of carbonyl (C=O) groups is 1. The van der Waals surface area contributed by atoms with Crippen molar-refractivity contribution in [1.29, 1.82) is 0 Å². The highest BCUT2D eigenvalue weighted by Gasteiger charge is 2.28. The molecule has 0 spiro atoms. The SMILES string of the molecule is CCOC(=O)C1=C(C)OC(Cc2ccc(OC)cc2)C1. The van der Waals surface area contributed by atoms with Gasteiger partial charge in [0, 0.05) is 12.8 Å². The second-order valence-corrected chi connectivity index (χ2v) is 4.75. The Morgan fingerprint density at radius 1 is 1.35 bits per heavy atom. The molecule has 0 N–H and O–H groups in total. The van der Waals surface area contributed by atoms with Crippen LogP contribution < -0.4 is 4.74 Å². The highest BCUT2D eigenvalue weighted by atomic mass is 16.5. The van der Waals surface area contributed by atoms with Gasteiger partial charge in [-0.15, -0.1) is 0 Å². The summed E-state index contributed by atoms with van der Waals surface area (Å²) in [6, 6.07) is 7.88. The fourth-order valence-corrected chi connectivity index (χ4v) is 2.32. The topological polar surface area (TPSA) is 44.8 Å². The molecule has 1 heterocycles. The quantitative estimate of drug-likeness (QED) is 0.776. The average molecular weight is 276 g/mol. The summed E-state index contributed by atoms with van der Waals surface area (Å²) in [7, 11) is 1.65. The first kappa shape index (κ1) is 14.4. The number of esters is 1. The molecular weight excluding hydrogens is 256 g/mol. The molecule has 4 nitrogen and oxygen atoms in total. The van der Waals surface area contributed by atoms with E-state index < -0.39 is 0 Å². The van der Waals surface area contributed by atoms with Gasteiger partial charge in [-0.1, -0.05) is 12.1 Å². The molecule has 0 amide bonds. The summed E-state index contributed by atoms with van der Waals surface area (Å²) in [6.45, 7) is 4.01. The van der Waals surface area contributed by atoms with E-state index >= 15 is 0 Å². The summed E-state index contributed by atoms with van der Waals surface area (Å²) in [6.07, 6.45) is 1.38. The van der Waals surface area contributed by atoms with Crippen molar-refractivity contribution in [3.8, 4) is 5.75 Å². The molecule has 1 atom stereocenters. The lowest BCUT2D eigenvalue weighted by atomic mass is 10.0. The molecule has 0 saturated carbocycles. The Morgan fingerprint density at radius 2 is 2.05 bits per heavy atom. The van der Waals surface area contributed by atoms with Crippen LogP contribution in [0.2, 0.25) is 0 Å². The van der Waals surface area contributed by atoms with Crippen molar-refractivity contribution < 1.29 is 19.0 Å². The Balaban J connectivity index is 1.95. The van der Waals surface area contributed by atoms with E-state index in [4.69, 9.17) is 14.2 Å². The van der Waals surface area contributed by atoms with Crippen LogP contribution in [-0.2, 0) is 20.7 Å². The number of ether oxygens (including phenoxy) is 3. The lowest BCUT2D eigenvalue weighted by molar-refractivity contribution is -0.138. The molecule has 1 unspecified atom stereocenters. The van der Waals surface area contributed by atoms with Crippen molar-refractivity contribution in [2.75, 3.05) is 13.7 Å². The van der Waals surface area contributed by atoms with Crippen LogP contribution in [0.5, 0.6) is 5.75 Å². The van der Waals surface area contributed by atoms with Crippen LogP contribution in [0.25, 0.3) is 0 Å². The smallest absolute Gasteiger partial charge is 0.337 e. The molecule has 1 aliphatic heterocycles. The summed E-state index contributed by atoms with van der Waals surface area (Å²) in [5.41, 5.74) is 1.82. The third-order valence-electron chi connectivity index (χ3n) is 3.34. The third-order valence-corrected chi connectivity index (χ3v) is 3.34. The highest BCUT2D eigenvalue weighted by Crippen LogP contribution is 2.28. The number of methoxy groups -OCH3 is 1. The monoisotopic (exact) mass is 276 g/mol. The predicted octanol–water partition coefficient (Wildman–Crippen LogP) is 2.86. The number of carbonyl (C=O) groups excluding carboxylic acids is 1. The van der Waals surface area contributed by atoms with Crippen molar-refractivity contribution in [3.63, 3.8) is 0 Å². The maximum atomic E-state index is 11.8. The maximum Gasteiger partial charge on any atom is 0.337 e. The second kappa shape index (κ2) is 6.46. The van der Waals surface area contributed by atoms with Crippen molar-refractivity contribution >= 4 is 5.97 Å². The molecule has 0 radical (unpaired) electrons. The largest absolute Gasteiger partial charge is 0.497 e. The number of allylic oxidation sites excluding steroid dienone is 1. The molecule has 4 heteroatoms. The van der Waals surface area contributed by atoms with Crippen LogP contribution in [0.3, 0.4) is 0 Å². The summed E-state index contributed by atoms with van der Waals surface area (Å²) in [4.78, 5) is 11.8. The first-order valence-corrected chi connectivity index (χ1v) is 6.80. The fraction of sp³-hybridized carbons (Fsp3) is 0.438. The first-order valence-electron chi connectivity index (χ1n) is 6.80. The Hall–Kier alpha value is -1.97. The third kappa shape index (κ3) is 3.32. The number of hydrogen-bond donors (Lipinski definition) is 0. The summed E-state index contributed by atoms with van der Waals surface area (Å²) in [5, 5.41) is 0. The van der Waals surface area contributed by atoms with Crippen LogP contribution in [0.4, 0.5) is 0 Å². The molecule has 0 saturated heterocycles. The zero-order chi connectivity index (χ0) is 14.5. The van der Waals surface area contributed by atoms with Crippen molar-refractivity contribution in [2.24, 2.45) is 0 Å². The predicted molar refractivity (Wildman–Crippen MR) is 75.5 cm³/mol. The number of rotatable bonds is 5. The van der Waals surface area contributed by atoms with Crippen LogP contribution in [-0.4, -0.2) is 25.8 Å². The molecular formula is C16H20O4. The Kier molecular flexibility index (Phi) is 4.66. The van der Waals surface area contributed by atoms with E-state index in [0.29, 0.717) is 24.4 Å². The van der Waals surface area contributed by atoms with E-state index in [9.17, 15) is 4.79 Å². The molecule has 0 aliphatic carbocycles. The lowest BCUT2D eigenvalue weighted by Crippen LogP contribution is -2.12. The second-order valence-electron chi connectivity index (χ2n) is 4.75. The minimum absolute atomic E-state index is 0.00259. The van der Waals surface area contributed by atoms with E-state index in [2.05, 4.69) is 0 Å². The van der Waals surface area contributed by atoms with Crippen LogP contribution in [0, 0.1) is 0 Å². The van der Waals surface area contributed by atoms with E-state index in [1.807, 2.05) is 31.2 Å². The van der Waals surface area contributed by atoms with Gasteiger partial charge in [-0.05, 0) is 31.5 Å². The molecule has 108 valence electrons. The van der Waals surface area contributed by atoms with E-state index in [0.717, 1.165) is 17.7 Å². The minimum atomic E-state index is -0.262. The van der Waals surface area contributed by atoms with Gasteiger partial charge in [0.25, 0.3) is 0 Å². The lowest BCUT2D eigenvalue weighted by Gasteiger charge is -2.12. The molecule has 1 aliphatic rings. The zero-order valence-electron chi connectivity index (χ0n) is 12.1. The van der Waals surface area contributed by atoms with Gasteiger partial charge in [0.05, 0.1) is 19.3 Å². The number of benzene rings is 1. The Bertz CT molecular complexity index is 502. The Morgan fingerprint density at radius 3 is 2.65 bits per heavy atom. The Labute approximate surface area is 119 Å². The standard InChI is InChI=1S/C16H20O4/c1-4-19-16(17)15-10-14(20-11(15)2)9-12-5-7-13(18-3)8-6-12/h5-8,14H,4,9-10H2,1-3H3. The summed E-state index contributed by atoms with van der Waals surface area (Å²) < 4.78 is 15.9. The first-order chi connectivity index (χ1) is 9.63. The maximum absolute atomic E-state index is 11.8. The van der Waals surface area contributed by atoms with Gasteiger partial charge in [-0.25, -0.2) is 4.79 Å².